The lowest BCUT2D eigenvalue weighted by Crippen LogP contribution is -2.53. The van der Waals surface area contributed by atoms with Crippen LogP contribution in [-0.2, 0) is 4.79 Å². The molecule has 110 valence electrons. The number of amides is 1. The van der Waals surface area contributed by atoms with Crippen LogP contribution in [0.15, 0.2) is 24.3 Å². The molecule has 1 fully saturated rings. The SMILES string of the molecule is C[C@H](O)[C@@H](O)C(=O)N1CCN(c2ccccc2Cl)CC1. The second kappa shape index (κ2) is 6.43. The Morgan fingerprint density at radius 3 is 2.35 bits per heavy atom. The highest BCUT2D eigenvalue weighted by atomic mass is 35.5. The third-order valence-electron chi connectivity index (χ3n) is 3.49. The Balaban J connectivity index is 1.96. The number of nitrogens with zero attached hydrogens (tertiary/aromatic N) is 2. The van der Waals surface area contributed by atoms with E-state index in [1.165, 1.54) is 6.92 Å². The number of aliphatic hydroxyl groups is 2. The topological polar surface area (TPSA) is 64.0 Å². The fourth-order valence-corrected chi connectivity index (χ4v) is 2.52. The van der Waals surface area contributed by atoms with Crippen molar-refractivity contribution in [3.63, 3.8) is 0 Å². The first-order chi connectivity index (χ1) is 9.50. The van der Waals surface area contributed by atoms with Gasteiger partial charge in [-0.3, -0.25) is 4.79 Å². The van der Waals surface area contributed by atoms with Crippen LogP contribution in [-0.4, -0.2) is 59.4 Å². The highest BCUT2D eigenvalue weighted by molar-refractivity contribution is 6.33. The lowest BCUT2D eigenvalue weighted by atomic mass is 10.1. The summed E-state index contributed by atoms with van der Waals surface area (Å²) in [5.41, 5.74) is 0.956. The molecule has 2 N–H and O–H groups in total. The molecule has 1 aliphatic heterocycles. The van der Waals surface area contributed by atoms with Crippen molar-refractivity contribution in [1.82, 2.24) is 4.90 Å². The summed E-state index contributed by atoms with van der Waals surface area (Å²) in [6.45, 7) is 3.73. The van der Waals surface area contributed by atoms with Crippen LogP contribution in [0.1, 0.15) is 6.92 Å². The molecule has 1 aromatic carbocycles. The smallest absolute Gasteiger partial charge is 0.254 e. The first kappa shape index (κ1) is 15.1. The minimum absolute atomic E-state index is 0.418. The van der Waals surface area contributed by atoms with Crippen LogP contribution < -0.4 is 4.90 Å². The van der Waals surface area contributed by atoms with E-state index in [9.17, 15) is 15.0 Å². The van der Waals surface area contributed by atoms with Gasteiger partial charge in [0.15, 0.2) is 6.10 Å². The van der Waals surface area contributed by atoms with Crippen LogP contribution in [0.5, 0.6) is 0 Å². The standard InChI is InChI=1S/C14H19ClN2O3/c1-10(18)13(19)14(20)17-8-6-16(7-9-17)12-5-3-2-4-11(12)15/h2-5,10,13,18-19H,6-9H2,1H3/t10-,13+/m0/s1. The Kier molecular flexibility index (Phi) is 4.86. The second-order valence-corrected chi connectivity index (χ2v) is 5.36. The normalized spacial score (nSPS) is 18.8. The first-order valence-electron chi connectivity index (χ1n) is 6.65. The monoisotopic (exact) mass is 298 g/mol. The average Bonchev–Trinajstić information content (AvgIpc) is 2.46. The van der Waals surface area contributed by atoms with E-state index in [1.807, 2.05) is 24.3 Å². The molecule has 1 saturated heterocycles. The molecule has 1 heterocycles. The molecule has 2 atom stereocenters. The van der Waals surface area contributed by atoms with Gasteiger partial charge in [0.05, 0.1) is 16.8 Å². The molecule has 0 aromatic heterocycles. The summed E-state index contributed by atoms with van der Waals surface area (Å²) in [4.78, 5) is 15.6. The minimum atomic E-state index is -1.35. The summed E-state index contributed by atoms with van der Waals surface area (Å²) in [7, 11) is 0. The molecule has 0 saturated carbocycles. The predicted molar refractivity (Wildman–Crippen MR) is 77.9 cm³/mol. The molecular formula is C14H19ClN2O3. The lowest BCUT2D eigenvalue weighted by Gasteiger charge is -2.37. The molecule has 0 unspecified atom stereocenters. The Hall–Kier alpha value is -1.30. The number of rotatable bonds is 3. The van der Waals surface area contributed by atoms with Gasteiger partial charge in [-0.15, -0.1) is 0 Å². The number of para-hydroxylation sites is 1. The molecular weight excluding hydrogens is 280 g/mol. The van der Waals surface area contributed by atoms with Gasteiger partial charge in [0.25, 0.3) is 5.91 Å². The second-order valence-electron chi connectivity index (χ2n) is 4.95. The number of carbonyl (C=O) groups is 1. The van der Waals surface area contributed by atoms with Gasteiger partial charge < -0.3 is 20.0 Å². The van der Waals surface area contributed by atoms with Crippen molar-refractivity contribution in [1.29, 1.82) is 0 Å². The van der Waals surface area contributed by atoms with E-state index < -0.39 is 18.1 Å². The van der Waals surface area contributed by atoms with Crippen molar-refractivity contribution >= 4 is 23.2 Å². The molecule has 20 heavy (non-hydrogen) atoms. The molecule has 0 aliphatic carbocycles. The van der Waals surface area contributed by atoms with E-state index in [-0.39, 0.29) is 0 Å². The van der Waals surface area contributed by atoms with Gasteiger partial charge in [0, 0.05) is 26.2 Å². The Morgan fingerprint density at radius 1 is 1.20 bits per heavy atom. The minimum Gasteiger partial charge on any atom is -0.390 e. The molecule has 6 heteroatoms. The number of piperazine rings is 1. The Morgan fingerprint density at radius 2 is 1.80 bits per heavy atom. The number of halogens is 1. The van der Waals surface area contributed by atoms with Crippen molar-refractivity contribution in [3.05, 3.63) is 29.3 Å². The maximum absolute atomic E-state index is 11.9. The van der Waals surface area contributed by atoms with E-state index in [1.54, 1.807) is 4.90 Å². The molecule has 0 radical (unpaired) electrons. The van der Waals surface area contributed by atoms with Crippen molar-refractivity contribution in [2.75, 3.05) is 31.1 Å². The summed E-state index contributed by atoms with van der Waals surface area (Å²) in [5.74, 6) is -0.418. The molecule has 1 aliphatic rings. The number of hydrogen-bond donors (Lipinski definition) is 2. The fraction of sp³-hybridized carbons (Fsp3) is 0.500. The lowest BCUT2D eigenvalue weighted by molar-refractivity contribution is -0.145. The van der Waals surface area contributed by atoms with E-state index in [0.29, 0.717) is 31.2 Å². The number of benzene rings is 1. The Bertz CT molecular complexity index is 473. The van der Waals surface area contributed by atoms with Crippen LogP contribution in [0, 0.1) is 0 Å². The van der Waals surface area contributed by atoms with Gasteiger partial charge in [-0.25, -0.2) is 0 Å². The Labute approximate surface area is 123 Å². The van der Waals surface area contributed by atoms with Crippen molar-refractivity contribution < 1.29 is 15.0 Å². The highest BCUT2D eigenvalue weighted by Crippen LogP contribution is 2.26. The number of anilines is 1. The number of hydrogen-bond acceptors (Lipinski definition) is 4. The third-order valence-corrected chi connectivity index (χ3v) is 3.81. The van der Waals surface area contributed by atoms with Gasteiger partial charge in [-0.2, -0.15) is 0 Å². The molecule has 0 bridgehead atoms. The van der Waals surface area contributed by atoms with Gasteiger partial charge in [-0.1, -0.05) is 23.7 Å². The van der Waals surface area contributed by atoms with Crippen LogP contribution in [0.2, 0.25) is 5.02 Å². The molecule has 2 rings (SSSR count). The van der Waals surface area contributed by atoms with Gasteiger partial charge >= 0.3 is 0 Å². The van der Waals surface area contributed by atoms with Crippen LogP contribution in [0.4, 0.5) is 5.69 Å². The van der Waals surface area contributed by atoms with Crippen LogP contribution >= 0.6 is 11.6 Å². The zero-order valence-electron chi connectivity index (χ0n) is 11.4. The zero-order chi connectivity index (χ0) is 14.7. The molecule has 1 aromatic rings. The third kappa shape index (κ3) is 3.23. The fourth-order valence-electron chi connectivity index (χ4n) is 2.27. The summed E-state index contributed by atoms with van der Waals surface area (Å²) in [6, 6.07) is 7.59. The first-order valence-corrected chi connectivity index (χ1v) is 7.03. The molecule has 5 nitrogen and oxygen atoms in total. The van der Waals surface area contributed by atoms with Crippen molar-refractivity contribution in [2.45, 2.75) is 19.1 Å². The summed E-state index contributed by atoms with van der Waals surface area (Å²) >= 11 is 6.15. The summed E-state index contributed by atoms with van der Waals surface area (Å²) in [5, 5.41) is 19.6. The quantitative estimate of drug-likeness (QED) is 0.863. The molecule has 0 spiro atoms. The van der Waals surface area contributed by atoms with Gasteiger partial charge in [0.1, 0.15) is 0 Å². The number of aliphatic hydroxyl groups excluding tert-OH is 2. The van der Waals surface area contributed by atoms with E-state index >= 15 is 0 Å². The molecule has 1 amide bonds. The van der Waals surface area contributed by atoms with Crippen LogP contribution in [0.3, 0.4) is 0 Å². The van der Waals surface area contributed by atoms with Gasteiger partial charge in [-0.05, 0) is 19.1 Å². The maximum atomic E-state index is 11.9. The van der Waals surface area contributed by atoms with Crippen molar-refractivity contribution in [2.24, 2.45) is 0 Å². The van der Waals surface area contributed by atoms with E-state index in [4.69, 9.17) is 11.6 Å². The van der Waals surface area contributed by atoms with E-state index in [0.717, 1.165) is 5.69 Å². The largest absolute Gasteiger partial charge is 0.390 e. The summed E-state index contributed by atoms with van der Waals surface area (Å²) in [6.07, 6.45) is -2.40. The summed E-state index contributed by atoms with van der Waals surface area (Å²) < 4.78 is 0. The van der Waals surface area contributed by atoms with Crippen molar-refractivity contribution in [3.8, 4) is 0 Å². The highest BCUT2D eigenvalue weighted by Gasteiger charge is 2.29. The van der Waals surface area contributed by atoms with Gasteiger partial charge in [0.2, 0.25) is 0 Å². The number of carbonyl (C=O) groups excluding carboxylic acids is 1. The predicted octanol–water partition coefficient (Wildman–Crippen LogP) is 0.730. The zero-order valence-corrected chi connectivity index (χ0v) is 12.1. The van der Waals surface area contributed by atoms with Crippen LogP contribution in [0.25, 0.3) is 0 Å². The van der Waals surface area contributed by atoms with E-state index in [2.05, 4.69) is 4.90 Å². The average molecular weight is 299 g/mol. The maximum Gasteiger partial charge on any atom is 0.254 e.